The fourth-order valence-corrected chi connectivity index (χ4v) is 4.07. The highest BCUT2D eigenvalue weighted by Gasteiger charge is 2.51. The van der Waals surface area contributed by atoms with Crippen molar-refractivity contribution in [1.82, 2.24) is 0 Å². The molecule has 31 heavy (non-hydrogen) atoms. The van der Waals surface area contributed by atoms with Crippen LogP contribution >= 0.6 is 0 Å². The lowest BCUT2D eigenvalue weighted by molar-refractivity contribution is -0.118. The van der Waals surface area contributed by atoms with Crippen molar-refractivity contribution in [3.63, 3.8) is 0 Å². The number of aryl methyl sites for hydroxylation is 1. The Morgan fingerprint density at radius 3 is 2.58 bits per heavy atom. The molecule has 0 spiro atoms. The van der Waals surface area contributed by atoms with Crippen molar-refractivity contribution in [2.75, 3.05) is 12.1 Å². The number of hydrogen-bond acceptors (Lipinski definition) is 4. The Labute approximate surface area is 182 Å². The molecule has 0 bridgehead atoms. The summed E-state index contributed by atoms with van der Waals surface area (Å²) in [5.41, 5.74) is 9.84. The van der Waals surface area contributed by atoms with Crippen LogP contribution in [0.2, 0.25) is 0 Å². The van der Waals surface area contributed by atoms with Crippen molar-refractivity contribution in [2.45, 2.75) is 25.2 Å². The minimum atomic E-state index is -0.544. The lowest BCUT2D eigenvalue weighted by Gasteiger charge is -2.17. The zero-order chi connectivity index (χ0) is 21.6. The van der Waals surface area contributed by atoms with Crippen LogP contribution in [0.15, 0.2) is 60.7 Å². The van der Waals surface area contributed by atoms with Crippen LogP contribution in [0.3, 0.4) is 0 Å². The first kappa shape index (κ1) is 19.2. The summed E-state index contributed by atoms with van der Waals surface area (Å²) in [6.07, 6.45) is 1.58. The summed E-state index contributed by atoms with van der Waals surface area (Å²) in [6, 6.07) is 18.7. The lowest BCUT2D eigenvalue weighted by Crippen LogP contribution is -2.27. The maximum Gasteiger partial charge on any atom is 0.248 e. The number of ether oxygens (including phenoxy) is 2. The van der Waals surface area contributed by atoms with Gasteiger partial charge in [-0.15, -0.1) is 0 Å². The number of rotatable bonds is 5. The van der Waals surface area contributed by atoms with Crippen molar-refractivity contribution in [2.24, 2.45) is 5.73 Å². The molecule has 2 aliphatic rings. The second kappa shape index (κ2) is 7.16. The second-order valence-corrected chi connectivity index (χ2v) is 8.08. The number of anilines is 1. The number of carbonyl (C=O) groups is 2. The van der Waals surface area contributed by atoms with E-state index in [2.05, 4.69) is 5.32 Å². The Balaban J connectivity index is 0.00000153. The number of nitrogens with two attached hydrogens (primary N) is 1. The molecule has 3 aromatic carbocycles. The van der Waals surface area contributed by atoms with Crippen molar-refractivity contribution < 1.29 is 21.9 Å². The van der Waals surface area contributed by atoms with Gasteiger partial charge in [-0.25, -0.2) is 0 Å². The Hall–Kier alpha value is -3.80. The van der Waals surface area contributed by atoms with Gasteiger partial charge in [0.2, 0.25) is 18.6 Å². The van der Waals surface area contributed by atoms with E-state index in [1.54, 1.807) is 18.2 Å². The molecule has 1 aliphatic carbocycles. The third-order valence-corrected chi connectivity index (χ3v) is 6.06. The van der Waals surface area contributed by atoms with Crippen LogP contribution in [0, 0.1) is 6.92 Å². The molecule has 0 saturated heterocycles. The van der Waals surface area contributed by atoms with Crippen LogP contribution < -0.4 is 20.5 Å². The minimum Gasteiger partial charge on any atom is -0.454 e. The number of carbonyl (C=O) groups excluding carboxylic acids is 2. The van der Waals surface area contributed by atoms with E-state index in [0.29, 0.717) is 22.7 Å². The molecule has 5 rings (SSSR count). The van der Waals surface area contributed by atoms with Gasteiger partial charge in [0.25, 0.3) is 0 Å². The summed E-state index contributed by atoms with van der Waals surface area (Å²) >= 11 is 0. The maximum absolute atomic E-state index is 13.2. The van der Waals surface area contributed by atoms with E-state index in [9.17, 15) is 9.59 Å². The second-order valence-electron chi connectivity index (χ2n) is 8.08. The predicted octanol–water partition coefficient (Wildman–Crippen LogP) is 4.65. The van der Waals surface area contributed by atoms with E-state index in [0.717, 1.165) is 35.1 Å². The zero-order valence-corrected chi connectivity index (χ0v) is 17.1. The van der Waals surface area contributed by atoms with Crippen LogP contribution in [0.25, 0.3) is 11.1 Å². The van der Waals surface area contributed by atoms with E-state index in [4.69, 9.17) is 15.2 Å². The number of amides is 2. The van der Waals surface area contributed by atoms with Gasteiger partial charge < -0.3 is 20.5 Å². The van der Waals surface area contributed by atoms with Gasteiger partial charge in [-0.2, -0.15) is 0 Å². The van der Waals surface area contributed by atoms with Crippen LogP contribution in [-0.4, -0.2) is 18.6 Å². The topological polar surface area (TPSA) is 90.7 Å². The predicted molar refractivity (Wildman–Crippen MR) is 121 cm³/mol. The summed E-state index contributed by atoms with van der Waals surface area (Å²) in [6.45, 7) is 2.20. The van der Waals surface area contributed by atoms with Crippen molar-refractivity contribution in [3.05, 3.63) is 77.4 Å². The molecule has 6 heteroatoms. The standard InChI is InChI=1S/C25H22N2O4.2H2/c1-15-5-7-19(13-20(15)16-3-2-4-17(11-16)23(26)28)27-24(29)25(9-10-25)18-6-8-21-22(12-18)31-14-30-21;;/h2-8,11-13H,9-10,14H2,1H3,(H2,26,28)(H,27,29);2*1H. The molecule has 0 radical (unpaired) electrons. The molecule has 3 N–H and O–H groups in total. The summed E-state index contributed by atoms with van der Waals surface area (Å²) in [5, 5.41) is 3.08. The van der Waals surface area contributed by atoms with Gasteiger partial charge in [0.05, 0.1) is 5.41 Å². The normalized spacial score (nSPS) is 15.4. The smallest absolute Gasteiger partial charge is 0.248 e. The fraction of sp³-hybridized carbons (Fsp3) is 0.200. The van der Waals surface area contributed by atoms with Crippen molar-refractivity contribution in [3.8, 4) is 22.6 Å². The first-order chi connectivity index (χ1) is 15.0. The third-order valence-electron chi connectivity index (χ3n) is 6.06. The fourth-order valence-electron chi connectivity index (χ4n) is 4.07. The van der Waals surface area contributed by atoms with E-state index >= 15 is 0 Å². The summed E-state index contributed by atoms with van der Waals surface area (Å²) in [7, 11) is 0. The van der Waals surface area contributed by atoms with E-state index in [1.165, 1.54) is 0 Å². The van der Waals surface area contributed by atoms with Crippen LogP contribution in [0.5, 0.6) is 11.5 Å². The summed E-state index contributed by atoms with van der Waals surface area (Å²) < 4.78 is 10.9. The van der Waals surface area contributed by atoms with Gasteiger partial charge in [-0.05, 0) is 78.4 Å². The Kier molecular flexibility index (Phi) is 4.43. The zero-order valence-electron chi connectivity index (χ0n) is 17.1. The molecule has 1 aliphatic heterocycles. The minimum absolute atomic E-state index is 0. The summed E-state index contributed by atoms with van der Waals surface area (Å²) in [4.78, 5) is 24.8. The lowest BCUT2D eigenvalue weighted by atomic mass is 9.94. The quantitative estimate of drug-likeness (QED) is 0.631. The van der Waals surface area contributed by atoms with Gasteiger partial charge in [-0.3, -0.25) is 9.59 Å². The Morgan fingerprint density at radius 1 is 1.00 bits per heavy atom. The first-order valence-corrected chi connectivity index (χ1v) is 10.2. The average molecular weight is 418 g/mol. The van der Waals surface area contributed by atoms with Crippen molar-refractivity contribution in [1.29, 1.82) is 0 Å². The molecule has 1 fully saturated rings. The highest BCUT2D eigenvalue weighted by Crippen LogP contribution is 2.51. The molecule has 160 valence electrons. The SMILES string of the molecule is Cc1ccc(NC(=O)C2(c3ccc4c(c3)OCO4)CC2)cc1-c1cccc(C(N)=O)c1.[HH].[HH]. The van der Waals surface area contributed by atoms with E-state index in [1.807, 2.05) is 49.4 Å². The molecular weight excluding hydrogens is 392 g/mol. The molecule has 0 unspecified atom stereocenters. The summed E-state index contributed by atoms with van der Waals surface area (Å²) in [5.74, 6) is 0.889. The number of hydrogen-bond donors (Lipinski definition) is 2. The molecule has 6 nitrogen and oxygen atoms in total. The first-order valence-electron chi connectivity index (χ1n) is 10.2. The highest BCUT2D eigenvalue weighted by atomic mass is 16.7. The van der Waals surface area contributed by atoms with Gasteiger partial charge in [0.15, 0.2) is 11.5 Å². The van der Waals surface area contributed by atoms with Gasteiger partial charge in [0.1, 0.15) is 0 Å². The number of benzene rings is 3. The number of fused-ring (bicyclic) bond motifs is 1. The van der Waals surface area contributed by atoms with Gasteiger partial charge in [0, 0.05) is 14.1 Å². The molecule has 3 aromatic rings. The number of nitrogens with one attached hydrogen (secondary N) is 1. The largest absolute Gasteiger partial charge is 0.454 e. The molecule has 0 atom stereocenters. The molecular formula is C25H26N2O4. The molecule has 1 saturated carbocycles. The Bertz CT molecular complexity index is 1220. The Morgan fingerprint density at radius 2 is 1.81 bits per heavy atom. The number of primary amides is 1. The van der Waals surface area contributed by atoms with E-state index in [-0.39, 0.29) is 15.6 Å². The van der Waals surface area contributed by atoms with E-state index < -0.39 is 11.3 Å². The monoisotopic (exact) mass is 418 g/mol. The van der Waals surface area contributed by atoms with Gasteiger partial charge in [-0.1, -0.05) is 24.3 Å². The van der Waals surface area contributed by atoms with Crippen LogP contribution in [0.1, 0.15) is 37.2 Å². The average Bonchev–Trinajstić information content (AvgIpc) is 3.46. The van der Waals surface area contributed by atoms with Crippen molar-refractivity contribution >= 4 is 17.5 Å². The third kappa shape index (κ3) is 3.40. The molecule has 1 heterocycles. The highest BCUT2D eigenvalue weighted by molar-refractivity contribution is 6.02. The van der Waals surface area contributed by atoms with Gasteiger partial charge >= 0.3 is 0 Å². The maximum atomic E-state index is 13.2. The molecule has 0 aromatic heterocycles. The molecule has 2 amide bonds. The van der Waals surface area contributed by atoms with Crippen LogP contribution in [-0.2, 0) is 10.2 Å². The van der Waals surface area contributed by atoms with Crippen LogP contribution in [0.4, 0.5) is 5.69 Å².